The van der Waals surface area contributed by atoms with Crippen LogP contribution < -0.4 is 4.74 Å². The quantitative estimate of drug-likeness (QED) is 0.202. The van der Waals surface area contributed by atoms with Crippen LogP contribution >= 0.6 is 0 Å². The highest BCUT2D eigenvalue weighted by molar-refractivity contribution is 5.26. The zero-order chi connectivity index (χ0) is 27.9. The number of hydrogen-bond donors (Lipinski definition) is 6. The molecule has 2 fully saturated rings. The van der Waals surface area contributed by atoms with Gasteiger partial charge in [-0.15, -0.1) is 0 Å². The molecule has 2 aliphatic heterocycles. The van der Waals surface area contributed by atoms with Crippen LogP contribution in [-0.2, 0) is 36.9 Å². The molecule has 216 valence electrons. The van der Waals surface area contributed by atoms with Crippen molar-refractivity contribution in [3.05, 3.63) is 65.7 Å². The second kappa shape index (κ2) is 13.9. The minimum atomic E-state index is -1.59. The Morgan fingerprint density at radius 3 is 1.90 bits per heavy atom. The second-order valence-electron chi connectivity index (χ2n) is 9.43. The molecule has 0 unspecified atom stereocenters. The number of hydrogen-bond acceptors (Lipinski definition) is 12. The van der Waals surface area contributed by atoms with Crippen LogP contribution in [0.3, 0.4) is 0 Å². The Morgan fingerprint density at radius 1 is 0.641 bits per heavy atom. The number of aliphatic hydroxyl groups excluding tert-OH is 6. The Bertz CT molecular complexity index is 990. The third kappa shape index (κ3) is 7.12. The lowest BCUT2D eigenvalue weighted by Crippen LogP contribution is -2.65. The van der Waals surface area contributed by atoms with E-state index < -0.39 is 74.6 Å². The van der Waals surface area contributed by atoms with Crippen molar-refractivity contribution in [3.63, 3.8) is 0 Å². The fourth-order valence-corrected chi connectivity index (χ4v) is 4.54. The molecule has 6 N–H and O–H groups in total. The van der Waals surface area contributed by atoms with E-state index in [1.807, 2.05) is 30.3 Å². The van der Waals surface area contributed by atoms with Gasteiger partial charge in [-0.1, -0.05) is 42.5 Å². The van der Waals surface area contributed by atoms with Gasteiger partial charge >= 0.3 is 0 Å². The molecule has 0 saturated carbocycles. The van der Waals surface area contributed by atoms with Gasteiger partial charge in [-0.3, -0.25) is 0 Å². The number of benzene rings is 2. The Morgan fingerprint density at radius 2 is 1.26 bits per heavy atom. The van der Waals surface area contributed by atoms with Gasteiger partial charge in [0, 0.05) is 0 Å². The molecule has 2 aromatic rings. The fraction of sp³-hybridized carbons (Fsp3) is 0.556. The van der Waals surface area contributed by atoms with Gasteiger partial charge in [-0.25, -0.2) is 0 Å². The standard InChI is InChI=1S/C27H36O12/c1-34-17-9-7-16(8-10-17)13-35-25-20(30)18(11-28)37-27(23(25)33)39-24-19(12-29)38-26(22(32)21(24)31)36-14-15-5-3-2-4-6-15/h2-10,18-33H,11-14H2,1H3/t18-,19-,20+,21-,22-,23-,24-,25+,26-,27+/m1/s1. The van der Waals surface area contributed by atoms with Crippen LogP contribution in [0.2, 0.25) is 0 Å². The first-order valence-electron chi connectivity index (χ1n) is 12.7. The summed E-state index contributed by atoms with van der Waals surface area (Å²) in [7, 11) is 1.54. The van der Waals surface area contributed by atoms with E-state index in [0.29, 0.717) is 5.75 Å². The lowest BCUT2D eigenvalue weighted by molar-refractivity contribution is -0.363. The van der Waals surface area contributed by atoms with Crippen molar-refractivity contribution in [1.82, 2.24) is 0 Å². The smallest absolute Gasteiger partial charge is 0.187 e. The molecule has 2 aliphatic rings. The highest BCUT2D eigenvalue weighted by atomic mass is 16.7. The van der Waals surface area contributed by atoms with Gasteiger partial charge < -0.3 is 59.1 Å². The topological polar surface area (TPSA) is 177 Å². The molecule has 0 spiro atoms. The Balaban J connectivity index is 1.41. The van der Waals surface area contributed by atoms with Gasteiger partial charge in [0.15, 0.2) is 12.6 Å². The summed E-state index contributed by atoms with van der Waals surface area (Å²) >= 11 is 0. The van der Waals surface area contributed by atoms with Crippen molar-refractivity contribution in [1.29, 1.82) is 0 Å². The van der Waals surface area contributed by atoms with E-state index in [2.05, 4.69) is 0 Å². The third-order valence-corrected chi connectivity index (χ3v) is 6.79. The minimum absolute atomic E-state index is 0.0151. The van der Waals surface area contributed by atoms with Crippen molar-refractivity contribution >= 4 is 0 Å². The summed E-state index contributed by atoms with van der Waals surface area (Å²) in [5.74, 6) is 0.653. The summed E-state index contributed by atoms with van der Waals surface area (Å²) in [5.41, 5.74) is 1.55. The molecule has 0 aliphatic carbocycles. The molecule has 0 amide bonds. The monoisotopic (exact) mass is 552 g/mol. The molecule has 2 aromatic carbocycles. The number of ether oxygens (including phenoxy) is 6. The summed E-state index contributed by atoms with van der Waals surface area (Å²) in [6.45, 7) is -1.11. The second-order valence-corrected chi connectivity index (χ2v) is 9.43. The van der Waals surface area contributed by atoms with Crippen LogP contribution in [0, 0.1) is 0 Å². The maximum atomic E-state index is 11.0. The molecule has 2 saturated heterocycles. The Labute approximate surface area is 225 Å². The van der Waals surface area contributed by atoms with E-state index in [-0.39, 0.29) is 13.2 Å². The summed E-state index contributed by atoms with van der Waals surface area (Å²) in [6.07, 6.45) is -13.8. The predicted molar refractivity (Wildman–Crippen MR) is 133 cm³/mol. The van der Waals surface area contributed by atoms with Crippen LogP contribution in [0.1, 0.15) is 11.1 Å². The number of rotatable bonds is 11. The first-order valence-corrected chi connectivity index (χ1v) is 12.7. The third-order valence-electron chi connectivity index (χ3n) is 6.79. The van der Waals surface area contributed by atoms with Gasteiger partial charge in [-0.2, -0.15) is 0 Å². The highest BCUT2D eigenvalue weighted by Gasteiger charge is 2.51. The average molecular weight is 553 g/mol. The van der Waals surface area contributed by atoms with Crippen LogP contribution in [0.4, 0.5) is 0 Å². The van der Waals surface area contributed by atoms with Crippen LogP contribution in [0.5, 0.6) is 5.75 Å². The normalized spacial score (nSPS) is 35.1. The lowest BCUT2D eigenvalue weighted by Gasteiger charge is -2.46. The summed E-state index contributed by atoms with van der Waals surface area (Å²) in [6, 6.07) is 16.1. The SMILES string of the molecule is COc1ccc(CO[C@H]2[C@@H](O)[C@@H](CO)O[C@@H](O[C@H]3[C@H](O)[C@@H](O)[C@H](OCc4ccccc4)O[C@@H]3CO)[C@@H]2O)cc1. The minimum Gasteiger partial charge on any atom is -0.497 e. The van der Waals surface area contributed by atoms with Gasteiger partial charge in [0.1, 0.15) is 54.6 Å². The molecule has 2 heterocycles. The number of methoxy groups -OCH3 is 1. The summed E-state index contributed by atoms with van der Waals surface area (Å²) in [5, 5.41) is 62.8. The first-order chi connectivity index (χ1) is 18.9. The van der Waals surface area contributed by atoms with Crippen LogP contribution in [0.15, 0.2) is 54.6 Å². The summed E-state index contributed by atoms with van der Waals surface area (Å²) < 4.78 is 33.6. The Kier molecular flexibility index (Phi) is 10.6. The van der Waals surface area contributed by atoms with Gasteiger partial charge in [-0.05, 0) is 23.3 Å². The zero-order valence-electron chi connectivity index (χ0n) is 21.4. The molecule has 12 nitrogen and oxygen atoms in total. The van der Waals surface area contributed by atoms with Crippen molar-refractivity contribution in [2.24, 2.45) is 0 Å². The van der Waals surface area contributed by atoms with Crippen molar-refractivity contribution in [3.8, 4) is 5.75 Å². The van der Waals surface area contributed by atoms with Crippen molar-refractivity contribution < 1.29 is 59.1 Å². The largest absolute Gasteiger partial charge is 0.497 e. The molecule has 0 radical (unpaired) electrons. The van der Waals surface area contributed by atoms with Gasteiger partial charge in [0.2, 0.25) is 0 Å². The van der Waals surface area contributed by atoms with E-state index in [9.17, 15) is 30.6 Å². The lowest BCUT2D eigenvalue weighted by atomic mass is 9.96. The van der Waals surface area contributed by atoms with E-state index in [0.717, 1.165) is 11.1 Å². The molecule has 0 bridgehead atoms. The first kappa shape index (κ1) is 29.8. The maximum Gasteiger partial charge on any atom is 0.187 e. The average Bonchev–Trinajstić information content (AvgIpc) is 2.97. The Hall–Kier alpha value is -2.20. The molecular formula is C27H36O12. The van der Waals surface area contributed by atoms with Crippen molar-refractivity contribution in [2.75, 3.05) is 20.3 Å². The van der Waals surface area contributed by atoms with E-state index in [1.165, 1.54) is 0 Å². The maximum absolute atomic E-state index is 11.0. The van der Waals surface area contributed by atoms with E-state index in [4.69, 9.17) is 28.4 Å². The molecule has 39 heavy (non-hydrogen) atoms. The fourth-order valence-electron chi connectivity index (χ4n) is 4.54. The molecule has 0 aromatic heterocycles. The number of aliphatic hydroxyl groups is 6. The summed E-state index contributed by atoms with van der Waals surface area (Å²) in [4.78, 5) is 0. The molecule has 10 atom stereocenters. The van der Waals surface area contributed by atoms with E-state index >= 15 is 0 Å². The predicted octanol–water partition coefficient (Wildman–Crippen LogP) is -0.940. The molecule has 12 heteroatoms. The zero-order valence-corrected chi connectivity index (χ0v) is 21.4. The van der Waals surface area contributed by atoms with Crippen LogP contribution in [0.25, 0.3) is 0 Å². The molecular weight excluding hydrogens is 516 g/mol. The highest BCUT2D eigenvalue weighted by Crippen LogP contribution is 2.31. The van der Waals surface area contributed by atoms with Gasteiger partial charge in [0.05, 0.1) is 33.5 Å². The van der Waals surface area contributed by atoms with E-state index in [1.54, 1.807) is 31.4 Å². The molecule has 4 rings (SSSR count). The van der Waals surface area contributed by atoms with Crippen LogP contribution in [-0.4, -0.2) is 112 Å². The van der Waals surface area contributed by atoms with Crippen molar-refractivity contribution in [2.45, 2.75) is 74.6 Å². The van der Waals surface area contributed by atoms with Gasteiger partial charge in [0.25, 0.3) is 0 Å².